The maximum absolute atomic E-state index is 13.2. The minimum Gasteiger partial charge on any atom is -0.349 e. The summed E-state index contributed by atoms with van der Waals surface area (Å²) in [5, 5.41) is 7.10. The topological polar surface area (TPSA) is 67.2 Å². The predicted octanol–water partition coefficient (Wildman–Crippen LogP) is 2.64. The highest BCUT2D eigenvalue weighted by molar-refractivity contribution is 9.10. The van der Waals surface area contributed by atoms with Crippen LogP contribution < -0.4 is 5.32 Å². The first kappa shape index (κ1) is 18.2. The molecule has 142 valence electrons. The van der Waals surface area contributed by atoms with Gasteiger partial charge < -0.3 is 10.2 Å². The Morgan fingerprint density at radius 1 is 1.26 bits per heavy atom. The molecule has 0 atom stereocenters. The van der Waals surface area contributed by atoms with Gasteiger partial charge in [-0.15, -0.1) is 0 Å². The quantitative estimate of drug-likeness (QED) is 0.810. The van der Waals surface area contributed by atoms with Crippen molar-refractivity contribution >= 4 is 27.7 Å². The number of hydrogen-bond acceptors (Lipinski definition) is 3. The molecule has 2 heterocycles. The SMILES string of the molecule is Cn1cc(C(=O)NC2CCN(C(=O)C3(c4cccc(Br)c4)CC3)CC2)cn1. The van der Waals surface area contributed by atoms with E-state index in [0.29, 0.717) is 18.7 Å². The number of nitrogens with zero attached hydrogens (tertiary/aromatic N) is 3. The van der Waals surface area contributed by atoms with Gasteiger partial charge in [0.2, 0.25) is 5.91 Å². The second-order valence-electron chi connectivity index (χ2n) is 7.54. The first-order chi connectivity index (χ1) is 13.0. The molecule has 2 aromatic rings. The normalized spacial score (nSPS) is 19.0. The number of halogens is 1. The fourth-order valence-corrected chi connectivity index (χ4v) is 4.27. The molecular weight excluding hydrogens is 408 g/mol. The van der Waals surface area contributed by atoms with Crippen molar-refractivity contribution in [1.29, 1.82) is 0 Å². The number of likely N-dealkylation sites (tertiary alicyclic amines) is 1. The highest BCUT2D eigenvalue weighted by Crippen LogP contribution is 2.50. The van der Waals surface area contributed by atoms with E-state index >= 15 is 0 Å². The lowest BCUT2D eigenvalue weighted by molar-refractivity contribution is -0.135. The van der Waals surface area contributed by atoms with Crippen molar-refractivity contribution in [3.8, 4) is 0 Å². The molecule has 1 aromatic heterocycles. The molecule has 4 rings (SSSR count). The van der Waals surface area contributed by atoms with Crippen LogP contribution in [0.3, 0.4) is 0 Å². The Balaban J connectivity index is 1.35. The summed E-state index contributed by atoms with van der Waals surface area (Å²) in [7, 11) is 1.79. The molecule has 1 saturated heterocycles. The number of hydrogen-bond donors (Lipinski definition) is 1. The summed E-state index contributed by atoms with van der Waals surface area (Å²) in [4.78, 5) is 27.4. The van der Waals surface area contributed by atoms with Gasteiger partial charge in [-0.2, -0.15) is 5.10 Å². The Bertz CT molecular complexity index is 866. The van der Waals surface area contributed by atoms with Crippen LogP contribution in [-0.2, 0) is 17.3 Å². The summed E-state index contributed by atoms with van der Waals surface area (Å²) in [6.45, 7) is 1.37. The number of piperidine rings is 1. The second-order valence-corrected chi connectivity index (χ2v) is 8.45. The number of amides is 2. The number of aryl methyl sites for hydroxylation is 1. The first-order valence-electron chi connectivity index (χ1n) is 9.33. The number of aromatic nitrogens is 2. The van der Waals surface area contributed by atoms with Crippen molar-refractivity contribution in [2.75, 3.05) is 13.1 Å². The van der Waals surface area contributed by atoms with Crippen LogP contribution in [0.2, 0.25) is 0 Å². The van der Waals surface area contributed by atoms with E-state index in [2.05, 4.69) is 38.5 Å². The summed E-state index contributed by atoms with van der Waals surface area (Å²) >= 11 is 3.51. The smallest absolute Gasteiger partial charge is 0.254 e. The third-order valence-corrected chi connectivity index (χ3v) is 6.11. The minimum absolute atomic E-state index is 0.0966. The summed E-state index contributed by atoms with van der Waals surface area (Å²) < 4.78 is 2.63. The molecule has 27 heavy (non-hydrogen) atoms. The fourth-order valence-electron chi connectivity index (χ4n) is 3.87. The molecule has 1 aliphatic heterocycles. The minimum atomic E-state index is -0.338. The molecule has 0 spiro atoms. The van der Waals surface area contributed by atoms with E-state index in [1.807, 2.05) is 17.0 Å². The molecule has 0 unspecified atom stereocenters. The molecule has 2 amide bonds. The van der Waals surface area contributed by atoms with Crippen LogP contribution in [0.4, 0.5) is 0 Å². The summed E-state index contributed by atoms with van der Waals surface area (Å²) in [6.07, 6.45) is 6.68. The average Bonchev–Trinajstić information content (AvgIpc) is 3.37. The van der Waals surface area contributed by atoms with Crippen LogP contribution in [0.25, 0.3) is 0 Å². The zero-order chi connectivity index (χ0) is 19.0. The van der Waals surface area contributed by atoms with E-state index in [4.69, 9.17) is 0 Å². The summed E-state index contributed by atoms with van der Waals surface area (Å²) in [5.74, 6) is 0.137. The van der Waals surface area contributed by atoms with Gasteiger partial charge in [-0.3, -0.25) is 14.3 Å². The van der Waals surface area contributed by atoms with Gasteiger partial charge in [0.05, 0.1) is 17.2 Å². The van der Waals surface area contributed by atoms with Crippen molar-refractivity contribution in [2.45, 2.75) is 37.1 Å². The van der Waals surface area contributed by atoms with Crippen molar-refractivity contribution < 1.29 is 9.59 Å². The number of benzene rings is 1. The lowest BCUT2D eigenvalue weighted by Gasteiger charge is -2.35. The highest BCUT2D eigenvalue weighted by atomic mass is 79.9. The van der Waals surface area contributed by atoms with Gasteiger partial charge in [-0.1, -0.05) is 28.1 Å². The Labute approximate surface area is 167 Å². The Morgan fingerprint density at radius 3 is 2.59 bits per heavy atom. The van der Waals surface area contributed by atoms with Gasteiger partial charge in [-0.25, -0.2) is 0 Å². The van der Waals surface area contributed by atoms with Crippen molar-refractivity contribution in [3.63, 3.8) is 0 Å². The molecule has 2 fully saturated rings. The zero-order valence-corrected chi connectivity index (χ0v) is 16.9. The lowest BCUT2D eigenvalue weighted by atomic mass is 9.93. The monoisotopic (exact) mass is 430 g/mol. The molecule has 2 aliphatic rings. The van der Waals surface area contributed by atoms with E-state index in [0.717, 1.165) is 35.7 Å². The third kappa shape index (κ3) is 3.65. The predicted molar refractivity (Wildman–Crippen MR) is 105 cm³/mol. The van der Waals surface area contributed by atoms with Gasteiger partial charge >= 0.3 is 0 Å². The van der Waals surface area contributed by atoms with Crippen molar-refractivity contribution in [2.24, 2.45) is 7.05 Å². The number of carbonyl (C=O) groups excluding carboxylic acids is 2. The number of rotatable bonds is 4. The molecule has 1 N–H and O–H groups in total. The maximum atomic E-state index is 13.2. The summed E-state index contributed by atoms with van der Waals surface area (Å²) in [6, 6.07) is 8.19. The average molecular weight is 431 g/mol. The molecule has 1 aromatic carbocycles. The fraction of sp³-hybridized carbons (Fsp3) is 0.450. The second kappa shape index (κ2) is 7.11. The highest BCUT2D eigenvalue weighted by Gasteiger charge is 2.53. The number of carbonyl (C=O) groups is 2. The van der Waals surface area contributed by atoms with Gasteiger partial charge in [0.1, 0.15) is 0 Å². The standard InChI is InChI=1S/C20H23BrN4O2/c1-24-13-14(12-22-24)18(26)23-17-5-9-25(10-6-17)19(27)20(7-8-20)15-3-2-4-16(21)11-15/h2-4,11-13,17H,5-10H2,1H3,(H,23,26). The molecule has 6 nitrogen and oxygen atoms in total. The van der Waals surface area contributed by atoms with Gasteiger partial charge in [0, 0.05) is 36.8 Å². The molecule has 0 radical (unpaired) electrons. The van der Waals surface area contributed by atoms with Crippen LogP contribution >= 0.6 is 15.9 Å². The van der Waals surface area contributed by atoms with E-state index < -0.39 is 0 Å². The molecular formula is C20H23BrN4O2. The van der Waals surface area contributed by atoms with Crippen molar-refractivity contribution in [1.82, 2.24) is 20.0 Å². The molecule has 1 saturated carbocycles. The lowest BCUT2D eigenvalue weighted by Crippen LogP contribution is -2.49. The van der Waals surface area contributed by atoms with E-state index in [-0.39, 0.29) is 23.3 Å². The van der Waals surface area contributed by atoms with Crippen LogP contribution in [0.15, 0.2) is 41.1 Å². The Morgan fingerprint density at radius 2 is 2.00 bits per heavy atom. The number of nitrogens with one attached hydrogen (secondary N) is 1. The van der Waals surface area contributed by atoms with E-state index in [1.165, 1.54) is 0 Å². The van der Waals surface area contributed by atoms with Gasteiger partial charge in [-0.05, 0) is 43.4 Å². The Kier molecular flexibility index (Phi) is 4.80. The molecule has 0 bridgehead atoms. The van der Waals surface area contributed by atoms with E-state index in [1.54, 1.807) is 24.1 Å². The van der Waals surface area contributed by atoms with Crippen LogP contribution in [-0.4, -0.2) is 45.6 Å². The summed E-state index contributed by atoms with van der Waals surface area (Å²) in [5.41, 5.74) is 1.34. The van der Waals surface area contributed by atoms with Crippen LogP contribution in [0.1, 0.15) is 41.6 Å². The first-order valence-corrected chi connectivity index (χ1v) is 10.1. The Hall–Kier alpha value is -2.15. The largest absolute Gasteiger partial charge is 0.349 e. The van der Waals surface area contributed by atoms with Gasteiger partial charge in [0.25, 0.3) is 5.91 Å². The molecule has 1 aliphatic carbocycles. The maximum Gasteiger partial charge on any atom is 0.254 e. The van der Waals surface area contributed by atoms with Crippen molar-refractivity contribution in [3.05, 3.63) is 52.3 Å². The van der Waals surface area contributed by atoms with Crippen LogP contribution in [0.5, 0.6) is 0 Å². The molecule has 7 heteroatoms. The van der Waals surface area contributed by atoms with Crippen LogP contribution in [0, 0.1) is 0 Å². The van der Waals surface area contributed by atoms with Gasteiger partial charge in [0.15, 0.2) is 0 Å². The zero-order valence-electron chi connectivity index (χ0n) is 15.3. The third-order valence-electron chi connectivity index (χ3n) is 5.62. The van der Waals surface area contributed by atoms with E-state index in [9.17, 15) is 9.59 Å².